The van der Waals surface area contributed by atoms with Crippen LogP contribution in [-0.2, 0) is 13.1 Å². The number of phenolic OH excluding ortho intramolecular Hbond substituents is 1. The van der Waals surface area contributed by atoms with Gasteiger partial charge in [0.2, 0.25) is 0 Å². The quantitative estimate of drug-likeness (QED) is 0.530. The molecule has 2 aromatic carbocycles. The summed E-state index contributed by atoms with van der Waals surface area (Å²) in [6.07, 6.45) is 2.22. The molecule has 28 heavy (non-hydrogen) atoms. The average Bonchev–Trinajstić information content (AvgIpc) is 2.70. The highest BCUT2D eigenvalue weighted by atomic mass is 16.3. The summed E-state index contributed by atoms with van der Waals surface area (Å²) in [7, 11) is 0. The Morgan fingerprint density at radius 1 is 1.11 bits per heavy atom. The molecule has 1 heterocycles. The van der Waals surface area contributed by atoms with Crippen molar-refractivity contribution in [2.75, 3.05) is 13.1 Å². The number of aliphatic imine (C=N–C) groups is 1. The van der Waals surface area contributed by atoms with E-state index < -0.39 is 0 Å². The lowest BCUT2D eigenvalue weighted by Crippen LogP contribution is -2.51. The fraction of sp³-hybridized carbons (Fsp3) is 0.435. The van der Waals surface area contributed by atoms with E-state index in [1.54, 1.807) is 12.1 Å². The summed E-state index contributed by atoms with van der Waals surface area (Å²) >= 11 is 0. The van der Waals surface area contributed by atoms with Crippen LogP contribution in [0.2, 0.25) is 0 Å². The third kappa shape index (κ3) is 5.99. The Hall–Kier alpha value is -2.53. The molecule has 1 aliphatic heterocycles. The van der Waals surface area contributed by atoms with Gasteiger partial charge in [-0.2, -0.15) is 0 Å². The summed E-state index contributed by atoms with van der Waals surface area (Å²) in [4.78, 5) is 7.28. The first-order valence-corrected chi connectivity index (χ1v) is 10.2. The van der Waals surface area contributed by atoms with Gasteiger partial charge >= 0.3 is 0 Å². The van der Waals surface area contributed by atoms with Crippen molar-refractivity contribution < 1.29 is 5.11 Å². The summed E-state index contributed by atoms with van der Waals surface area (Å²) in [5.74, 6) is 1.15. The highest BCUT2D eigenvalue weighted by Crippen LogP contribution is 2.20. The number of piperidine rings is 1. The second-order valence-electron chi connectivity index (χ2n) is 7.53. The van der Waals surface area contributed by atoms with Crippen LogP contribution >= 0.6 is 0 Å². The van der Waals surface area contributed by atoms with Crippen molar-refractivity contribution in [2.24, 2.45) is 4.99 Å². The zero-order valence-electron chi connectivity index (χ0n) is 16.9. The maximum atomic E-state index is 9.41. The molecular weight excluding hydrogens is 348 g/mol. The van der Waals surface area contributed by atoms with E-state index in [0.29, 0.717) is 18.6 Å². The first-order valence-electron chi connectivity index (χ1n) is 10.2. The average molecular weight is 381 g/mol. The number of nitrogens with zero attached hydrogens (tertiary/aromatic N) is 2. The number of nitrogens with one attached hydrogen (secondary N) is 2. The van der Waals surface area contributed by atoms with Crippen molar-refractivity contribution in [1.82, 2.24) is 15.5 Å². The molecule has 0 spiro atoms. The molecule has 2 atom stereocenters. The van der Waals surface area contributed by atoms with E-state index in [1.807, 2.05) is 12.1 Å². The molecule has 3 rings (SSSR count). The minimum atomic E-state index is 0.286. The van der Waals surface area contributed by atoms with Gasteiger partial charge in [-0.25, -0.2) is 4.99 Å². The van der Waals surface area contributed by atoms with Crippen LogP contribution in [0, 0.1) is 0 Å². The Bertz CT molecular complexity index is 745. The van der Waals surface area contributed by atoms with E-state index >= 15 is 0 Å². The van der Waals surface area contributed by atoms with Crippen molar-refractivity contribution in [3.63, 3.8) is 0 Å². The molecule has 1 fully saturated rings. The monoisotopic (exact) mass is 380 g/mol. The van der Waals surface area contributed by atoms with Gasteiger partial charge in [0.15, 0.2) is 5.96 Å². The second-order valence-corrected chi connectivity index (χ2v) is 7.53. The summed E-state index contributed by atoms with van der Waals surface area (Å²) in [5, 5.41) is 16.4. The van der Waals surface area contributed by atoms with Crippen LogP contribution in [0.15, 0.2) is 59.6 Å². The predicted octanol–water partition coefficient (Wildman–Crippen LogP) is 3.50. The number of hydrogen-bond donors (Lipinski definition) is 3. The van der Waals surface area contributed by atoms with Gasteiger partial charge in [-0.15, -0.1) is 0 Å². The lowest BCUT2D eigenvalue weighted by atomic mass is 9.97. The minimum Gasteiger partial charge on any atom is -0.508 e. The van der Waals surface area contributed by atoms with Crippen molar-refractivity contribution in [2.45, 2.75) is 51.9 Å². The third-order valence-electron chi connectivity index (χ3n) is 5.28. The molecule has 0 amide bonds. The van der Waals surface area contributed by atoms with Gasteiger partial charge in [0.05, 0.1) is 6.54 Å². The SMILES string of the molecule is CCNC(=NCc1ccc(O)cc1)NC1CCN(Cc2ccccc2)C(C)C1. The Morgan fingerprint density at radius 3 is 2.54 bits per heavy atom. The standard InChI is InChI=1S/C23H32N4O/c1-3-24-23(25-16-19-9-11-22(28)12-10-19)26-21-13-14-27(18(2)15-21)17-20-7-5-4-6-8-20/h4-12,18,21,28H,3,13-17H2,1-2H3,(H2,24,25,26). The molecule has 0 bridgehead atoms. The number of aromatic hydroxyl groups is 1. The van der Waals surface area contributed by atoms with Crippen molar-refractivity contribution in [3.8, 4) is 5.75 Å². The number of likely N-dealkylation sites (tertiary alicyclic amines) is 1. The van der Waals surface area contributed by atoms with Crippen LogP contribution in [0.4, 0.5) is 0 Å². The van der Waals surface area contributed by atoms with Gasteiger partial charge in [-0.05, 0) is 49.9 Å². The maximum absolute atomic E-state index is 9.41. The number of hydrogen-bond acceptors (Lipinski definition) is 3. The smallest absolute Gasteiger partial charge is 0.191 e. The number of rotatable bonds is 6. The van der Waals surface area contributed by atoms with E-state index in [0.717, 1.165) is 44.0 Å². The Morgan fingerprint density at radius 2 is 1.86 bits per heavy atom. The van der Waals surface area contributed by atoms with Crippen molar-refractivity contribution >= 4 is 5.96 Å². The Balaban J connectivity index is 1.54. The minimum absolute atomic E-state index is 0.286. The largest absolute Gasteiger partial charge is 0.508 e. The summed E-state index contributed by atoms with van der Waals surface area (Å²) in [6, 6.07) is 18.9. The van der Waals surface area contributed by atoms with Crippen LogP contribution in [0.3, 0.4) is 0 Å². The van der Waals surface area contributed by atoms with Gasteiger partial charge in [0.1, 0.15) is 5.75 Å². The van der Waals surface area contributed by atoms with Gasteiger partial charge in [0.25, 0.3) is 0 Å². The van der Waals surface area contributed by atoms with Gasteiger partial charge in [-0.3, -0.25) is 4.90 Å². The van der Waals surface area contributed by atoms with Gasteiger partial charge < -0.3 is 15.7 Å². The molecule has 150 valence electrons. The predicted molar refractivity (Wildman–Crippen MR) is 115 cm³/mol. The molecule has 0 aromatic heterocycles. The lowest BCUT2D eigenvalue weighted by Gasteiger charge is -2.38. The van der Waals surface area contributed by atoms with Crippen LogP contribution in [-0.4, -0.2) is 41.1 Å². The molecule has 5 heteroatoms. The lowest BCUT2D eigenvalue weighted by molar-refractivity contribution is 0.134. The zero-order chi connectivity index (χ0) is 19.8. The van der Waals surface area contributed by atoms with Crippen LogP contribution in [0.25, 0.3) is 0 Å². The normalized spacial score (nSPS) is 20.7. The second kappa shape index (κ2) is 10.1. The molecule has 0 saturated carbocycles. The number of benzene rings is 2. The third-order valence-corrected chi connectivity index (χ3v) is 5.28. The molecular formula is C23H32N4O. The first-order chi connectivity index (χ1) is 13.6. The van der Waals surface area contributed by atoms with Crippen LogP contribution in [0.5, 0.6) is 5.75 Å². The van der Waals surface area contributed by atoms with Crippen LogP contribution < -0.4 is 10.6 Å². The molecule has 2 unspecified atom stereocenters. The fourth-order valence-electron chi connectivity index (χ4n) is 3.69. The molecule has 3 N–H and O–H groups in total. The van der Waals surface area contributed by atoms with E-state index in [2.05, 4.69) is 59.7 Å². The number of phenols is 1. The first kappa shape index (κ1) is 20.2. The molecule has 1 aliphatic rings. The van der Waals surface area contributed by atoms with E-state index in [4.69, 9.17) is 4.99 Å². The van der Waals surface area contributed by atoms with Crippen LogP contribution in [0.1, 0.15) is 37.8 Å². The van der Waals surface area contributed by atoms with E-state index in [1.165, 1.54) is 5.56 Å². The Labute approximate surface area is 168 Å². The molecule has 1 saturated heterocycles. The molecule has 5 nitrogen and oxygen atoms in total. The fourth-order valence-corrected chi connectivity index (χ4v) is 3.69. The maximum Gasteiger partial charge on any atom is 0.191 e. The van der Waals surface area contributed by atoms with Gasteiger partial charge in [-0.1, -0.05) is 42.5 Å². The van der Waals surface area contributed by atoms with Gasteiger partial charge in [0, 0.05) is 31.7 Å². The van der Waals surface area contributed by atoms with Crippen molar-refractivity contribution in [1.29, 1.82) is 0 Å². The summed E-state index contributed by atoms with van der Waals surface area (Å²) < 4.78 is 0. The Kier molecular flexibility index (Phi) is 7.31. The summed E-state index contributed by atoms with van der Waals surface area (Å²) in [5.41, 5.74) is 2.46. The molecule has 0 radical (unpaired) electrons. The van der Waals surface area contributed by atoms with E-state index in [9.17, 15) is 5.11 Å². The molecule has 2 aromatic rings. The summed E-state index contributed by atoms with van der Waals surface area (Å²) in [6.45, 7) is 7.94. The molecule has 0 aliphatic carbocycles. The van der Waals surface area contributed by atoms with Crippen molar-refractivity contribution in [3.05, 3.63) is 65.7 Å². The highest BCUT2D eigenvalue weighted by Gasteiger charge is 2.25. The topological polar surface area (TPSA) is 59.9 Å². The zero-order valence-corrected chi connectivity index (χ0v) is 16.9. The highest BCUT2D eigenvalue weighted by molar-refractivity contribution is 5.80. The van der Waals surface area contributed by atoms with E-state index in [-0.39, 0.29) is 5.75 Å². The number of guanidine groups is 1.